The molecule has 0 aliphatic rings. The van der Waals surface area contributed by atoms with Gasteiger partial charge in [-0.05, 0) is 37.1 Å². The number of rotatable bonds is 6. The van der Waals surface area contributed by atoms with Crippen LogP contribution in [0.3, 0.4) is 0 Å². The molecule has 1 aromatic carbocycles. The molecular formula is C15H21NO4. The maximum atomic E-state index is 12.1. The summed E-state index contributed by atoms with van der Waals surface area (Å²) in [7, 11) is 2.89. The fraction of sp³-hybridized carbons (Fsp3) is 0.467. The van der Waals surface area contributed by atoms with Crippen LogP contribution in [0.15, 0.2) is 18.2 Å². The highest BCUT2D eigenvalue weighted by Gasteiger charge is 2.21. The lowest BCUT2D eigenvalue weighted by molar-refractivity contribution is -0.143. The summed E-state index contributed by atoms with van der Waals surface area (Å²) >= 11 is 0. The van der Waals surface area contributed by atoms with Crippen molar-refractivity contribution in [1.29, 1.82) is 0 Å². The summed E-state index contributed by atoms with van der Waals surface area (Å²) in [4.78, 5) is 23.7. The van der Waals surface area contributed by atoms with Crippen molar-refractivity contribution in [2.75, 3.05) is 14.2 Å². The van der Waals surface area contributed by atoms with Crippen LogP contribution >= 0.6 is 0 Å². The van der Waals surface area contributed by atoms with Crippen molar-refractivity contribution in [3.8, 4) is 5.75 Å². The lowest BCUT2D eigenvalue weighted by Crippen LogP contribution is -2.41. The molecule has 1 unspecified atom stereocenters. The molecule has 0 saturated carbocycles. The quantitative estimate of drug-likeness (QED) is 0.810. The van der Waals surface area contributed by atoms with Gasteiger partial charge in [-0.1, -0.05) is 13.3 Å². The highest BCUT2D eigenvalue weighted by Crippen LogP contribution is 2.18. The minimum Gasteiger partial charge on any atom is -0.496 e. The molecule has 0 aliphatic carbocycles. The number of ether oxygens (including phenoxy) is 2. The largest absolute Gasteiger partial charge is 0.496 e. The highest BCUT2D eigenvalue weighted by molar-refractivity contribution is 5.97. The second kappa shape index (κ2) is 7.53. The predicted octanol–water partition coefficient (Wildman–Crippen LogP) is 2.08. The number of carbonyl (C=O) groups excluding carboxylic acids is 2. The van der Waals surface area contributed by atoms with Gasteiger partial charge >= 0.3 is 5.97 Å². The molecule has 0 aromatic heterocycles. The van der Waals surface area contributed by atoms with E-state index >= 15 is 0 Å². The van der Waals surface area contributed by atoms with Crippen LogP contribution in [0.1, 0.15) is 35.7 Å². The fourth-order valence-corrected chi connectivity index (χ4v) is 1.94. The summed E-state index contributed by atoms with van der Waals surface area (Å²) in [6.07, 6.45) is 1.33. The monoisotopic (exact) mass is 279 g/mol. The first-order valence-corrected chi connectivity index (χ1v) is 6.56. The van der Waals surface area contributed by atoms with Crippen LogP contribution in [0.4, 0.5) is 0 Å². The van der Waals surface area contributed by atoms with Gasteiger partial charge < -0.3 is 14.8 Å². The average Bonchev–Trinajstić information content (AvgIpc) is 2.45. The van der Waals surface area contributed by atoms with E-state index in [1.807, 2.05) is 13.8 Å². The van der Waals surface area contributed by atoms with Crippen LogP contribution in [0, 0.1) is 6.92 Å². The van der Waals surface area contributed by atoms with E-state index in [0.717, 1.165) is 17.7 Å². The Morgan fingerprint density at radius 1 is 1.30 bits per heavy atom. The van der Waals surface area contributed by atoms with Crippen LogP contribution in [0.2, 0.25) is 0 Å². The van der Waals surface area contributed by atoms with Gasteiger partial charge in [0, 0.05) is 5.56 Å². The van der Waals surface area contributed by atoms with E-state index in [4.69, 9.17) is 4.74 Å². The molecular weight excluding hydrogens is 258 g/mol. The second-order valence-electron chi connectivity index (χ2n) is 4.52. The Morgan fingerprint density at radius 2 is 2.00 bits per heavy atom. The number of hydrogen-bond acceptors (Lipinski definition) is 4. The molecule has 1 N–H and O–H groups in total. The summed E-state index contributed by atoms with van der Waals surface area (Å²) in [6.45, 7) is 3.80. The Balaban J connectivity index is 2.83. The standard InChI is InChI=1S/C15H21NO4/c1-5-6-12(15(18)20-4)16-14(17)11-7-8-13(19-3)10(2)9-11/h7-9,12H,5-6H2,1-4H3,(H,16,17). The third kappa shape index (κ3) is 3.98. The van der Waals surface area contributed by atoms with Crippen LogP contribution in [-0.2, 0) is 9.53 Å². The number of esters is 1. The third-order valence-corrected chi connectivity index (χ3v) is 3.03. The first-order valence-electron chi connectivity index (χ1n) is 6.56. The first kappa shape index (κ1) is 16.0. The SMILES string of the molecule is CCCC(NC(=O)c1ccc(OC)c(C)c1)C(=O)OC. The molecule has 0 heterocycles. The molecule has 0 bridgehead atoms. The van der Waals surface area contributed by atoms with Crippen molar-refractivity contribution in [2.45, 2.75) is 32.7 Å². The minimum absolute atomic E-state index is 0.292. The van der Waals surface area contributed by atoms with Gasteiger partial charge in [0.1, 0.15) is 11.8 Å². The smallest absolute Gasteiger partial charge is 0.328 e. The maximum Gasteiger partial charge on any atom is 0.328 e. The van der Waals surface area contributed by atoms with E-state index in [1.54, 1.807) is 25.3 Å². The lowest BCUT2D eigenvalue weighted by atomic mass is 10.1. The average molecular weight is 279 g/mol. The predicted molar refractivity (Wildman–Crippen MR) is 75.9 cm³/mol. The van der Waals surface area contributed by atoms with Crippen LogP contribution < -0.4 is 10.1 Å². The Morgan fingerprint density at radius 3 is 2.50 bits per heavy atom. The van der Waals surface area contributed by atoms with E-state index in [-0.39, 0.29) is 5.91 Å². The first-order chi connectivity index (χ1) is 9.53. The van der Waals surface area contributed by atoms with Crippen molar-refractivity contribution in [3.05, 3.63) is 29.3 Å². The van der Waals surface area contributed by atoms with E-state index in [9.17, 15) is 9.59 Å². The Labute approximate surface area is 119 Å². The zero-order valence-electron chi connectivity index (χ0n) is 12.4. The van der Waals surface area contributed by atoms with Crippen molar-refractivity contribution in [2.24, 2.45) is 0 Å². The van der Waals surface area contributed by atoms with Crippen LogP contribution in [0.25, 0.3) is 0 Å². The molecule has 20 heavy (non-hydrogen) atoms. The van der Waals surface area contributed by atoms with E-state index in [2.05, 4.69) is 10.1 Å². The van der Waals surface area contributed by atoms with Gasteiger partial charge in [0.25, 0.3) is 5.91 Å². The molecule has 110 valence electrons. The summed E-state index contributed by atoms with van der Waals surface area (Å²) in [5.41, 5.74) is 1.36. The number of nitrogens with one attached hydrogen (secondary N) is 1. The molecule has 0 saturated heterocycles. The lowest BCUT2D eigenvalue weighted by Gasteiger charge is -2.16. The number of hydrogen-bond donors (Lipinski definition) is 1. The van der Waals surface area contributed by atoms with Gasteiger partial charge in [-0.15, -0.1) is 0 Å². The Hall–Kier alpha value is -2.04. The summed E-state index contributed by atoms with van der Waals surface area (Å²) in [6, 6.07) is 4.52. The second-order valence-corrected chi connectivity index (χ2v) is 4.52. The minimum atomic E-state index is -0.611. The summed E-state index contributed by atoms with van der Waals surface area (Å²) in [5.74, 6) is 0.00432. The van der Waals surface area contributed by atoms with Gasteiger partial charge in [0.15, 0.2) is 0 Å². The van der Waals surface area contributed by atoms with E-state index in [1.165, 1.54) is 7.11 Å². The van der Waals surface area contributed by atoms with E-state index in [0.29, 0.717) is 12.0 Å². The number of carbonyl (C=O) groups is 2. The van der Waals surface area contributed by atoms with E-state index < -0.39 is 12.0 Å². The molecule has 0 spiro atoms. The Kier molecular flexibility index (Phi) is 6.03. The molecule has 5 heteroatoms. The molecule has 1 atom stereocenters. The van der Waals surface area contributed by atoms with Crippen molar-refractivity contribution in [3.63, 3.8) is 0 Å². The van der Waals surface area contributed by atoms with Gasteiger partial charge in [-0.3, -0.25) is 4.79 Å². The van der Waals surface area contributed by atoms with Gasteiger partial charge in [0.2, 0.25) is 0 Å². The number of methoxy groups -OCH3 is 2. The molecule has 0 aliphatic heterocycles. The van der Waals surface area contributed by atoms with Crippen molar-refractivity contribution >= 4 is 11.9 Å². The Bertz CT molecular complexity index is 485. The number of amides is 1. The van der Waals surface area contributed by atoms with Gasteiger partial charge in [0.05, 0.1) is 14.2 Å². The normalized spacial score (nSPS) is 11.6. The van der Waals surface area contributed by atoms with Gasteiger partial charge in [-0.2, -0.15) is 0 Å². The van der Waals surface area contributed by atoms with Crippen LogP contribution in [-0.4, -0.2) is 32.1 Å². The molecule has 0 fully saturated rings. The zero-order chi connectivity index (χ0) is 15.1. The fourth-order valence-electron chi connectivity index (χ4n) is 1.94. The summed E-state index contributed by atoms with van der Waals surface area (Å²) < 4.78 is 9.84. The highest BCUT2D eigenvalue weighted by atomic mass is 16.5. The molecule has 1 rings (SSSR count). The third-order valence-electron chi connectivity index (χ3n) is 3.03. The molecule has 0 radical (unpaired) electrons. The number of benzene rings is 1. The van der Waals surface area contributed by atoms with Gasteiger partial charge in [-0.25, -0.2) is 4.79 Å². The zero-order valence-corrected chi connectivity index (χ0v) is 12.4. The number of aryl methyl sites for hydroxylation is 1. The maximum absolute atomic E-state index is 12.1. The molecule has 5 nitrogen and oxygen atoms in total. The van der Waals surface area contributed by atoms with Crippen molar-refractivity contribution < 1.29 is 19.1 Å². The molecule has 1 amide bonds. The molecule has 1 aromatic rings. The topological polar surface area (TPSA) is 64.6 Å². The van der Waals surface area contributed by atoms with Crippen molar-refractivity contribution in [1.82, 2.24) is 5.32 Å². The summed E-state index contributed by atoms with van der Waals surface area (Å²) in [5, 5.41) is 2.70. The van der Waals surface area contributed by atoms with Crippen LogP contribution in [0.5, 0.6) is 5.75 Å².